The maximum absolute atomic E-state index is 12.5. The Kier molecular flexibility index (Phi) is 6.98. The summed E-state index contributed by atoms with van der Waals surface area (Å²) in [5.41, 5.74) is 4.32. The van der Waals surface area contributed by atoms with Crippen LogP contribution in [0.2, 0.25) is 0 Å². The molecule has 0 heterocycles. The summed E-state index contributed by atoms with van der Waals surface area (Å²) in [5, 5.41) is 23.8. The number of phenols is 1. The molecule has 9 heteroatoms. The average Bonchev–Trinajstić information content (AvgIpc) is 3.16. The molecule has 0 fully saturated rings. The standard InChI is InChI=1S/C26H24N2O7/c1-34-23(24(30)28-15-10-11-20(25(31)32)22(29)12-15)13-27-26(33)35-14-21-18-8-4-2-6-16(18)17-7-3-5-9-19(17)21/h2-12,21,23,29H,13-14H2,1H3,(H,27,33)(H,28,30)(H,31,32). The molecule has 1 aliphatic carbocycles. The van der Waals surface area contributed by atoms with Crippen molar-refractivity contribution in [3.05, 3.63) is 83.4 Å². The van der Waals surface area contributed by atoms with Gasteiger partial charge in [0.2, 0.25) is 0 Å². The minimum Gasteiger partial charge on any atom is -0.507 e. The first-order valence-electron chi connectivity index (χ1n) is 10.9. The third-order valence-corrected chi connectivity index (χ3v) is 5.85. The third-order valence-electron chi connectivity index (χ3n) is 5.85. The summed E-state index contributed by atoms with van der Waals surface area (Å²) in [6, 6.07) is 19.6. The number of carbonyl (C=O) groups is 3. The lowest BCUT2D eigenvalue weighted by Gasteiger charge is -2.18. The van der Waals surface area contributed by atoms with Gasteiger partial charge in [-0.05, 0) is 34.4 Å². The molecule has 4 rings (SSSR count). The van der Waals surface area contributed by atoms with E-state index in [2.05, 4.69) is 10.6 Å². The molecular weight excluding hydrogens is 452 g/mol. The van der Waals surface area contributed by atoms with Gasteiger partial charge in [-0.15, -0.1) is 0 Å². The molecule has 3 aromatic carbocycles. The number of hydrogen-bond acceptors (Lipinski definition) is 6. The second-order valence-electron chi connectivity index (χ2n) is 7.96. The van der Waals surface area contributed by atoms with Crippen molar-refractivity contribution in [2.24, 2.45) is 0 Å². The fraction of sp³-hybridized carbons (Fsp3) is 0.192. The van der Waals surface area contributed by atoms with Crippen LogP contribution in [-0.4, -0.2) is 54.5 Å². The van der Waals surface area contributed by atoms with Crippen LogP contribution in [0, 0.1) is 0 Å². The lowest BCUT2D eigenvalue weighted by Crippen LogP contribution is -2.41. The van der Waals surface area contributed by atoms with Crippen LogP contribution in [0.5, 0.6) is 5.75 Å². The highest BCUT2D eigenvalue weighted by Gasteiger charge is 2.29. The SMILES string of the molecule is COC(CNC(=O)OCC1c2ccccc2-c2ccccc21)C(=O)Nc1ccc(C(=O)O)c(O)c1. The molecule has 0 bridgehead atoms. The van der Waals surface area contributed by atoms with Crippen LogP contribution in [0.3, 0.4) is 0 Å². The molecule has 4 N–H and O–H groups in total. The lowest BCUT2D eigenvalue weighted by atomic mass is 9.98. The van der Waals surface area contributed by atoms with E-state index in [-0.39, 0.29) is 30.3 Å². The highest BCUT2D eigenvalue weighted by molar-refractivity contribution is 5.96. The number of amides is 2. The maximum Gasteiger partial charge on any atom is 0.407 e. The van der Waals surface area contributed by atoms with Gasteiger partial charge in [-0.1, -0.05) is 48.5 Å². The first kappa shape index (κ1) is 23.8. The van der Waals surface area contributed by atoms with Crippen molar-refractivity contribution < 1.29 is 34.1 Å². The Morgan fingerprint density at radius 1 is 0.971 bits per heavy atom. The summed E-state index contributed by atoms with van der Waals surface area (Å²) in [6.07, 6.45) is -1.73. The number of ether oxygens (including phenoxy) is 2. The number of rotatable bonds is 8. The van der Waals surface area contributed by atoms with Gasteiger partial charge in [-0.3, -0.25) is 4.79 Å². The zero-order valence-corrected chi connectivity index (χ0v) is 18.9. The molecule has 9 nitrogen and oxygen atoms in total. The fourth-order valence-corrected chi connectivity index (χ4v) is 4.12. The molecule has 0 aliphatic heterocycles. The Bertz CT molecular complexity index is 1230. The number of carboxylic acids is 1. The number of hydrogen-bond donors (Lipinski definition) is 4. The van der Waals surface area contributed by atoms with Crippen LogP contribution in [-0.2, 0) is 14.3 Å². The Balaban J connectivity index is 1.32. The zero-order chi connectivity index (χ0) is 24.9. The number of nitrogens with one attached hydrogen (secondary N) is 2. The predicted molar refractivity (Wildman–Crippen MR) is 128 cm³/mol. The van der Waals surface area contributed by atoms with Gasteiger partial charge in [-0.25, -0.2) is 9.59 Å². The molecule has 0 saturated carbocycles. The first-order valence-corrected chi connectivity index (χ1v) is 10.9. The molecular formula is C26H24N2O7. The minimum atomic E-state index is -1.29. The number of aromatic carboxylic acids is 1. The van der Waals surface area contributed by atoms with E-state index in [0.29, 0.717) is 0 Å². The van der Waals surface area contributed by atoms with Crippen molar-refractivity contribution in [2.75, 3.05) is 25.6 Å². The van der Waals surface area contributed by atoms with Crippen LogP contribution in [0.4, 0.5) is 10.5 Å². The highest BCUT2D eigenvalue weighted by atomic mass is 16.5. The van der Waals surface area contributed by atoms with E-state index < -0.39 is 29.8 Å². The molecule has 0 radical (unpaired) electrons. The van der Waals surface area contributed by atoms with E-state index in [4.69, 9.17) is 14.6 Å². The zero-order valence-electron chi connectivity index (χ0n) is 18.9. The second kappa shape index (κ2) is 10.3. The van der Waals surface area contributed by atoms with E-state index >= 15 is 0 Å². The van der Waals surface area contributed by atoms with Crippen molar-refractivity contribution >= 4 is 23.7 Å². The van der Waals surface area contributed by atoms with Crippen LogP contribution in [0.25, 0.3) is 11.1 Å². The van der Waals surface area contributed by atoms with Crippen molar-refractivity contribution in [1.82, 2.24) is 5.32 Å². The summed E-state index contributed by atoms with van der Waals surface area (Å²) in [5.74, 6) is -2.45. The van der Waals surface area contributed by atoms with Crippen molar-refractivity contribution in [3.8, 4) is 16.9 Å². The number of carbonyl (C=O) groups excluding carboxylic acids is 2. The Morgan fingerprint density at radius 3 is 2.17 bits per heavy atom. The Morgan fingerprint density at radius 2 is 1.60 bits per heavy atom. The number of alkyl carbamates (subject to hydrolysis) is 1. The van der Waals surface area contributed by atoms with Gasteiger partial charge in [-0.2, -0.15) is 0 Å². The Labute approximate surface area is 201 Å². The van der Waals surface area contributed by atoms with Crippen LogP contribution < -0.4 is 10.6 Å². The molecule has 1 unspecified atom stereocenters. The van der Waals surface area contributed by atoms with Crippen molar-refractivity contribution in [3.63, 3.8) is 0 Å². The lowest BCUT2D eigenvalue weighted by molar-refractivity contribution is -0.125. The van der Waals surface area contributed by atoms with Gasteiger partial charge in [0.1, 0.15) is 17.9 Å². The maximum atomic E-state index is 12.5. The van der Waals surface area contributed by atoms with Gasteiger partial charge in [0.05, 0.1) is 6.54 Å². The predicted octanol–water partition coefficient (Wildman–Crippen LogP) is 3.58. The molecule has 3 aromatic rings. The summed E-state index contributed by atoms with van der Waals surface area (Å²) in [6.45, 7) is -0.0168. The molecule has 1 aliphatic rings. The molecule has 35 heavy (non-hydrogen) atoms. The van der Waals surface area contributed by atoms with E-state index in [1.807, 2.05) is 48.5 Å². The fourth-order valence-electron chi connectivity index (χ4n) is 4.12. The van der Waals surface area contributed by atoms with Crippen LogP contribution in [0.1, 0.15) is 27.4 Å². The van der Waals surface area contributed by atoms with Crippen molar-refractivity contribution in [1.29, 1.82) is 0 Å². The monoisotopic (exact) mass is 476 g/mol. The number of methoxy groups -OCH3 is 1. The van der Waals surface area contributed by atoms with Crippen LogP contribution in [0.15, 0.2) is 66.7 Å². The normalized spacial score (nSPS) is 12.8. The molecule has 0 aromatic heterocycles. The summed E-state index contributed by atoms with van der Waals surface area (Å²) >= 11 is 0. The highest BCUT2D eigenvalue weighted by Crippen LogP contribution is 2.44. The summed E-state index contributed by atoms with van der Waals surface area (Å²) in [7, 11) is 1.31. The molecule has 2 amide bonds. The molecule has 180 valence electrons. The number of aromatic hydroxyl groups is 1. The molecule has 0 saturated heterocycles. The van der Waals surface area contributed by atoms with E-state index in [9.17, 15) is 19.5 Å². The number of carboxylic acid groups (broad SMARTS) is 1. The van der Waals surface area contributed by atoms with Gasteiger partial charge in [0.15, 0.2) is 6.10 Å². The molecule has 1 atom stereocenters. The summed E-state index contributed by atoms with van der Waals surface area (Å²) < 4.78 is 10.6. The van der Waals surface area contributed by atoms with Gasteiger partial charge in [0, 0.05) is 24.8 Å². The van der Waals surface area contributed by atoms with E-state index in [0.717, 1.165) is 28.3 Å². The van der Waals surface area contributed by atoms with Gasteiger partial charge < -0.3 is 30.3 Å². The molecule has 0 spiro atoms. The first-order chi connectivity index (χ1) is 16.9. The van der Waals surface area contributed by atoms with Gasteiger partial charge >= 0.3 is 12.1 Å². The second-order valence-corrected chi connectivity index (χ2v) is 7.96. The summed E-state index contributed by atoms with van der Waals surface area (Å²) in [4.78, 5) is 35.9. The Hall–Kier alpha value is -4.37. The number of anilines is 1. The number of benzene rings is 3. The topological polar surface area (TPSA) is 134 Å². The van der Waals surface area contributed by atoms with Crippen molar-refractivity contribution in [2.45, 2.75) is 12.0 Å². The smallest absolute Gasteiger partial charge is 0.407 e. The average molecular weight is 476 g/mol. The van der Waals surface area contributed by atoms with E-state index in [1.54, 1.807) is 0 Å². The van der Waals surface area contributed by atoms with Gasteiger partial charge in [0.25, 0.3) is 5.91 Å². The van der Waals surface area contributed by atoms with E-state index in [1.165, 1.54) is 19.2 Å². The third kappa shape index (κ3) is 5.10. The minimum absolute atomic E-state index is 0.0869. The quantitative estimate of drug-likeness (QED) is 0.390. The van der Waals surface area contributed by atoms with Crippen LogP contribution >= 0.6 is 0 Å². The number of fused-ring (bicyclic) bond motifs is 3. The largest absolute Gasteiger partial charge is 0.507 e.